The first-order valence-electron chi connectivity index (χ1n) is 10.7. The van der Waals surface area contributed by atoms with Crippen LogP contribution in [0.2, 0.25) is 0 Å². The van der Waals surface area contributed by atoms with Crippen molar-refractivity contribution >= 4 is 36.0 Å². The van der Waals surface area contributed by atoms with Gasteiger partial charge in [-0.05, 0) is 66.1 Å². The van der Waals surface area contributed by atoms with Crippen molar-refractivity contribution in [3.8, 4) is 0 Å². The number of ether oxygens (including phenoxy) is 1. The van der Waals surface area contributed by atoms with E-state index in [1.165, 1.54) is 6.42 Å². The minimum atomic E-state index is -0.472. The summed E-state index contributed by atoms with van der Waals surface area (Å²) in [5, 5.41) is 6.82. The minimum Gasteiger partial charge on any atom is -0.444 e. The van der Waals surface area contributed by atoms with E-state index in [2.05, 4.69) is 48.2 Å². The third-order valence-corrected chi connectivity index (χ3v) is 4.52. The van der Waals surface area contributed by atoms with Crippen LogP contribution in [0.1, 0.15) is 61.3 Å². The fourth-order valence-corrected chi connectivity index (χ4v) is 2.88. The molecule has 7 nitrogen and oxygen atoms in total. The zero-order valence-electron chi connectivity index (χ0n) is 20.2. The first kappa shape index (κ1) is 30.4. The van der Waals surface area contributed by atoms with Gasteiger partial charge in [-0.3, -0.25) is 4.99 Å². The van der Waals surface area contributed by atoms with Crippen molar-refractivity contribution < 1.29 is 9.53 Å². The van der Waals surface area contributed by atoms with Gasteiger partial charge in [-0.15, -0.1) is 24.0 Å². The van der Waals surface area contributed by atoms with Crippen molar-refractivity contribution in [3.63, 3.8) is 0 Å². The monoisotopic (exact) mass is 527 g/mol. The van der Waals surface area contributed by atoms with Crippen LogP contribution in [0.4, 0.5) is 4.79 Å². The van der Waals surface area contributed by atoms with Gasteiger partial charge in [-0.1, -0.05) is 20.8 Å². The van der Waals surface area contributed by atoms with E-state index in [0.29, 0.717) is 12.6 Å². The normalized spacial score (nSPS) is 14.1. The Morgan fingerprint density at radius 3 is 2.24 bits per heavy atom. The molecule has 2 unspecified atom stereocenters. The quantitative estimate of drug-likeness (QED) is 0.243. The van der Waals surface area contributed by atoms with Crippen LogP contribution >= 0.6 is 24.0 Å². The van der Waals surface area contributed by atoms with E-state index in [4.69, 9.17) is 4.74 Å². The molecule has 0 aliphatic heterocycles. The fraction of sp³-hybridized carbons (Fsp3) is 0.905. The van der Waals surface area contributed by atoms with E-state index >= 15 is 0 Å². The van der Waals surface area contributed by atoms with Crippen molar-refractivity contribution in [2.24, 2.45) is 10.9 Å². The number of aliphatic imine (C=N–C) groups is 1. The molecule has 1 amide bonds. The molecule has 2 atom stereocenters. The van der Waals surface area contributed by atoms with Gasteiger partial charge in [0.25, 0.3) is 0 Å². The summed E-state index contributed by atoms with van der Waals surface area (Å²) in [7, 11) is 3.56. The van der Waals surface area contributed by atoms with Crippen molar-refractivity contribution in [3.05, 3.63) is 0 Å². The molecule has 8 heteroatoms. The lowest BCUT2D eigenvalue weighted by atomic mass is 10.1. The predicted molar refractivity (Wildman–Crippen MR) is 134 cm³/mol. The topological polar surface area (TPSA) is 69.2 Å². The summed E-state index contributed by atoms with van der Waals surface area (Å²) in [6, 6.07) is 0.363. The van der Waals surface area contributed by atoms with Crippen LogP contribution in [-0.4, -0.2) is 80.3 Å². The number of hydrogen-bond donors (Lipinski definition) is 2. The Balaban J connectivity index is 0. The number of nitrogens with zero attached hydrogens (tertiary/aromatic N) is 3. The second kappa shape index (κ2) is 16.0. The van der Waals surface area contributed by atoms with Crippen molar-refractivity contribution in [2.45, 2.75) is 73.0 Å². The molecule has 29 heavy (non-hydrogen) atoms. The maximum atomic E-state index is 12.1. The Morgan fingerprint density at radius 2 is 1.76 bits per heavy atom. The molecule has 0 heterocycles. The average Bonchev–Trinajstić information content (AvgIpc) is 2.60. The fourth-order valence-electron chi connectivity index (χ4n) is 2.88. The van der Waals surface area contributed by atoms with Crippen LogP contribution < -0.4 is 10.6 Å². The number of rotatable bonds is 11. The van der Waals surface area contributed by atoms with E-state index in [0.717, 1.165) is 38.6 Å². The lowest BCUT2D eigenvalue weighted by Crippen LogP contribution is -2.45. The van der Waals surface area contributed by atoms with Gasteiger partial charge in [0, 0.05) is 33.2 Å². The second-order valence-corrected chi connectivity index (χ2v) is 8.63. The molecule has 174 valence electrons. The zero-order valence-corrected chi connectivity index (χ0v) is 22.5. The van der Waals surface area contributed by atoms with E-state index in [9.17, 15) is 4.79 Å². The molecule has 0 aromatic carbocycles. The van der Waals surface area contributed by atoms with Gasteiger partial charge >= 0.3 is 6.09 Å². The zero-order chi connectivity index (χ0) is 21.7. The molecule has 0 aliphatic rings. The van der Waals surface area contributed by atoms with Gasteiger partial charge in [0.1, 0.15) is 5.60 Å². The summed E-state index contributed by atoms with van der Waals surface area (Å²) in [5.41, 5.74) is -0.472. The summed E-state index contributed by atoms with van der Waals surface area (Å²) >= 11 is 0. The van der Waals surface area contributed by atoms with E-state index in [1.54, 1.807) is 19.0 Å². The molecule has 0 saturated heterocycles. The molecule has 0 spiro atoms. The predicted octanol–water partition coefficient (Wildman–Crippen LogP) is 3.78. The van der Waals surface area contributed by atoms with E-state index in [-0.39, 0.29) is 36.0 Å². The van der Waals surface area contributed by atoms with Crippen LogP contribution in [0.25, 0.3) is 0 Å². The van der Waals surface area contributed by atoms with Gasteiger partial charge in [0.15, 0.2) is 5.96 Å². The van der Waals surface area contributed by atoms with Crippen molar-refractivity contribution in [1.82, 2.24) is 20.4 Å². The van der Waals surface area contributed by atoms with Gasteiger partial charge < -0.3 is 25.2 Å². The molecule has 2 N–H and O–H groups in total. The summed E-state index contributed by atoms with van der Waals surface area (Å²) in [6.45, 7) is 19.1. The van der Waals surface area contributed by atoms with Crippen LogP contribution in [-0.2, 0) is 4.74 Å². The van der Waals surface area contributed by atoms with Gasteiger partial charge in [0.05, 0.1) is 0 Å². The molecule has 0 aromatic heterocycles. The van der Waals surface area contributed by atoms with Crippen molar-refractivity contribution in [1.29, 1.82) is 0 Å². The van der Waals surface area contributed by atoms with Crippen LogP contribution in [0.3, 0.4) is 0 Å². The molecule has 0 fully saturated rings. The maximum Gasteiger partial charge on any atom is 0.410 e. The SMILES string of the molecule is CCN(CC)CCCC(C)NC(=NC)NCC(C)CN(C)C(=O)OC(C)(C)C.I. The first-order chi connectivity index (χ1) is 13.0. The Morgan fingerprint density at radius 1 is 1.17 bits per heavy atom. The number of hydrogen-bond acceptors (Lipinski definition) is 4. The number of carbonyl (C=O) groups excluding carboxylic acids is 1. The van der Waals surface area contributed by atoms with E-state index < -0.39 is 5.60 Å². The molecule has 0 rings (SSSR count). The highest BCUT2D eigenvalue weighted by atomic mass is 127. The number of carbonyl (C=O) groups is 1. The summed E-state index contributed by atoms with van der Waals surface area (Å²) < 4.78 is 5.40. The third-order valence-electron chi connectivity index (χ3n) is 4.52. The molecule has 0 aromatic rings. The maximum absolute atomic E-state index is 12.1. The first-order valence-corrected chi connectivity index (χ1v) is 10.7. The van der Waals surface area contributed by atoms with Crippen LogP contribution in [0.5, 0.6) is 0 Å². The molecule has 0 radical (unpaired) electrons. The lowest BCUT2D eigenvalue weighted by Gasteiger charge is -2.27. The Labute approximate surface area is 196 Å². The van der Waals surface area contributed by atoms with Gasteiger partial charge in [-0.25, -0.2) is 4.79 Å². The van der Waals surface area contributed by atoms with Crippen molar-refractivity contribution in [2.75, 3.05) is 46.8 Å². The second-order valence-electron chi connectivity index (χ2n) is 8.63. The van der Waals surface area contributed by atoms with E-state index in [1.807, 2.05) is 20.8 Å². The Hall–Kier alpha value is -0.770. The highest BCUT2D eigenvalue weighted by Gasteiger charge is 2.20. The van der Waals surface area contributed by atoms with Crippen LogP contribution in [0.15, 0.2) is 4.99 Å². The summed E-state index contributed by atoms with van der Waals surface area (Å²) in [6.07, 6.45) is 1.99. The Bertz CT molecular complexity index is 464. The highest BCUT2D eigenvalue weighted by molar-refractivity contribution is 14.0. The van der Waals surface area contributed by atoms with Gasteiger partial charge in [0.2, 0.25) is 0 Å². The average molecular weight is 528 g/mol. The Kier molecular flexibility index (Phi) is 16.8. The molecular formula is C21H46IN5O2. The van der Waals surface area contributed by atoms with Gasteiger partial charge in [-0.2, -0.15) is 0 Å². The standard InChI is InChI=1S/C21H45N5O2.HI/c1-10-26(11-2)14-12-13-18(4)24-19(22-8)23-15-17(3)16-25(9)20(27)28-21(5,6)7;/h17-18H,10-16H2,1-9H3,(H2,22,23,24);1H. The molecular weight excluding hydrogens is 481 g/mol. The third kappa shape index (κ3) is 15.7. The number of halogens is 1. The minimum absolute atomic E-state index is 0. The smallest absolute Gasteiger partial charge is 0.410 e. The number of nitrogens with one attached hydrogen (secondary N) is 2. The number of amides is 1. The number of guanidine groups is 1. The van der Waals surface area contributed by atoms with Crippen LogP contribution in [0, 0.1) is 5.92 Å². The lowest BCUT2D eigenvalue weighted by molar-refractivity contribution is 0.0278. The highest BCUT2D eigenvalue weighted by Crippen LogP contribution is 2.10. The molecule has 0 aliphatic carbocycles. The molecule has 0 saturated carbocycles. The summed E-state index contributed by atoms with van der Waals surface area (Å²) in [5.74, 6) is 1.08. The summed E-state index contributed by atoms with van der Waals surface area (Å²) in [4.78, 5) is 20.5. The molecule has 0 bridgehead atoms. The largest absolute Gasteiger partial charge is 0.444 e.